The number of pyridine rings is 1. The largest absolute Gasteiger partial charge is 0.489 e. The molecule has 10 heteroatoms. The van der Waals surface area contributed by atoms with E-state index < -0.39 is 5.60 Å². The lowest BCUT2D eigenvalue weighted by Gasteiger charge is -2.57. The zero-order valence-corrected chi connectivity index (χ0v) is 21.3. The van der Waals surface area contributed by atoms with E-state index in [0.29, 0.717) is 11.7 Å². The van der Waals surface area contributed by atoms with Gasteiger partial charge in [-0.05, 0) is 75.6 Å². The van der Waals surface area contributed by atoms with E-state index in [-0.39, 0.29) is 36.1 Å². The zero-order chi connectivity index (χ0) is 25.9. The van der Waals surface area contributed by atoms with Gasteiger partial charge < -0.3 is 15.2 Å². The van der Waals surface area contributed by atoms with Gasteiger partial charge in [-0.1, -0.05) is 0 Å². The molecule has 2 aliphatic carbocycles. The van der Waals surface area contributed by atoms with Crippen molar-refractivity contribution in [2.45, 2.75) is 70.4 Å². The van der Waals surface area contributed by atoms with Gasteiger partial charge in [-0.15, -0.1) is 0 Å². The minimum absolute atomic E-state index is 0.000741. The fourth-order valence-electron chi connectivity index (χ4n) is 6.08. The minimum Gasteiger partial charge on any atom is -0.489 e. The molecule has 6 rings (SSSR count). The lowest BCUT2D eigenvalue weighted by atomic mass is 9.49. The molecule has 0 radical (unpaired) electrons. The summed E-state index contributed by atoms with van der Waals surface area (Å²) in [6.07, 6.45) is 9.56. The Morgan fingerprint density at radius 1 is 1.27 bits per heavy atom. The number of H-pyrrole nitrogens is 1. The van der Waals surface area contributed by atoms with Crippen LogP contribution in [-0.4, -0.2) is 53.5 Å². The number of nitrogens with one attached hydrogen (secondary N) is 2. The standard InChI is InChI=1S/C27H32N6O4/c1-16-6-7-32-24(16)23(30-31-25(32)35)18-9-27(10-18)11-19(12-27)29-22(34)8-17-13-28-33-14-20(4-5-21(17)33)37-15-26(2,3)36/h4-7,13-14,18-19,36H,8-12,15H2,1-3H3,(H,29,34)(H,31,35). The van der Waals surface area contributed by atoms with Crippen molar-refractivity contribution in [1.82, 2.24) is 29.5 Å². The molecule has 1 amide bonds. The molecule has 10 nitrogen and oxygen atoms in total. The summed E-state index contributed by atoms with van der Waals surface area (Å²) in [4.78, 5) is 24.8. The number of ether oxygens (including phenoxy) is 1. The molecule has 0 atom stereocenters. The smallest absolute Gasteiger partial charge is 0.346 e. The van der Waals surface area contributed by atoms with Gasteiger partial charge in [0.2, 0.25) is 5.91 Å². The van der Waals surface area contributed by atoms with Crippen molar-refractivity contribution in [2.24, 2.45) is 5.41 Å². The van der Waals surface area contributed by atoms with Crippen LogP contribution >= 0.6 is 0 Å². The Balaban J connectivity index is 1.03. The molecular weight excluding hydrogens is 472 g/mol. The second kappa shape index (κ2) is 8.44. The highest BCUT2D eigenvalue weighted by molar-refractivity contribution is 5.81. The van der Waals surface area contributed by atoms with E-state index in [4.69, 9.17) is 4.74 Å². The first-order valence-corrected chi connectivity index (χ1v) is 12.8. The van der Waals surface area contributed by atoms with E-state index in [0.717, 1.165) is 53.5 Å². The maximum atomic E-state index is 12.8. The van der Waals surface area contributed by atoms with Crippen molar-refractivity contribution >= 4 is 16.9 Å². The number of aryl methyl sites for hydroxylation is 1. The van der Waals surface area contributed by atoms with Crippen molar-refractivity contribution in [3.8, 4) is 5.75 Å². The van der Waals surface area contributed by atoms with Crippen molar-refractivity contribution in [3.05, 3.63) is 64.1 Å². The maximum absolute atomic E-state index is 12.8. The van der Waals surface area contributed by atoms with Crippen LogP contribution in [0, 0.1) is 12.3 Å². The van der Waals surface area contributed by atoms with Crippen LogP contribution in [-0.2, 0) is 11.2 Å². The molecular formula is C27H32N6O4. The number of fused-ring (bicyclic) bond motifs is 2. The topological polar surface area (TPSA) is 126 Å². The number of aromatic nitrogens is 5. The molecule has 0 unspecified atom stereocenters. The van der Waals surface area contributed by atoms with Crippen molar-refractivity contribution in [3.63, 3.8) is 0 Å². The van der Waals surface area contributed by atoms with E-state index in [1.807, 2.05) is 25.1 Å². The molecule has 2 aliphatic rings. The summed E-state index contributed by atoms with van der Waals surface area (Å²) in [6.45, 7) is 5.57. The molecule has 4 aromatic heterocycles. The Bertz CT molecular complexity index is 1540. The molecule has 0 aromatic carbocycles. The molecule has 1 spiro atoms. The third kappa shape index (κ3) is 4.39. The quantitative estimate of drug-likeness (QED) is 0.355. The van der Waals surface area contributed by atoms with Crippen molar-refractivity contribution in [2.75, 3.05) is 6.61 Å². The van der Waals surface area contributed by atoms with Gasteiger partial charge in [0.05, 0.1) is 41.1 Å². The normalized spacial score (nSPS) is 23.2. The first-order chi connectivity index (χ1) is 17.6. The number of aliphatic hydroxyl groups is 1. The van der Waals surface area contributed by atoms with E-state index in [2.05, 4.69) is 20.6 Å². The number of amides is 1. The minimum atomic E-state index is -0.921. The van der Waals surface area contributed by atoms with E-state index in [1.165, 1.54) is 0 Å². The summed E-state index contributed by atoms with van der Waals surface area (Å²) in [5, 5.41) is 24.4. The van der Waals surface area contributed by atoms with Crippen LogP contribution in [0.5, 0.6) is 5.75 Å². The van der Waals surface area contributed by atoms with Gasteiger partial charge in [0.15, 0.2) is 0 Å². The number of carbonyl (C=O) groups is 1. The maximum Gasteiger partial charge on any atom is 0.346 e. The fourth-order valence-corrected chi connectivity index (χ4v) is 6.08. The second-order valence-electron chi connectivity index (χ2n) is 11.6. The molecule has 4 heterocycles. The average Bonchev–Trinajstić information content (AvgIpc) is 3.37. The van der Waals surface area contributed by atoms with E-state index >= 15 is 0 Å². The van der Waals surface area contributed by atoms with Gasteiger partial charge in [-0.2, -0.15) is 10.2 Å². The van der Waals surface area contributed by atoms with Gasteiger partial charge in [0.25, 0.3) is 0 Å². The van der Waals surface area contributed by atoms with Crippen LogP contribution in [0.25, 0.3) is 11.0 Å². The van der Waals surface area contributed by atoms with Crippen LogP contribution in [0.3, 0.4) is 0 Å². The monoisotopic (exact) mass is 504 g/mol. The Kier molecular flexibility index (Phi) is 5.41. The summed E-state index contributed by atoms with van der Waals surface area (Å²) in [5.41, 5.74) is 3.83. The number of nitrogens with zero attached hydrogens (tertiary/aromatic N) is 4. The van der Waals surface area contributed by atoms with Crippen LogP contribution in [0.15, 0.2) is 41.6 Å². The highest BCUT2D eigenvalue weighted by Crippen LogP contribution is 2.62. The summed E-state index contributed by atoms with van der Waals surface area (Å²) in [5.74, 6) is 0.943. The first kappa shape index (κ1) is 23.7. The fraction of sp³-hybridized carbons (Fsp3) is 0.481. The van der Waals surface area contributed by atoms with E-state index in [9.17, 15) is 14.7 Å². The number of hydrogen-bond donors (Lipinski definition) is 3. The van der Waals surface area contributed by atoms with Gasteiger partial charge in [0, 0.05) is 23.7 Å². The molecule has 0 aliphatic heterocycles. The lowest BCUT2D eigenvalue weighted by Crippen LogP contribution is -2.56. The second-order valence-corrected chi connectivity index (χ2v) is 11.6. The number of aromatic amines is 1. The van der Waals surface area contributed by atoms with Gasteiger partial charge >= 0.3 is 5.69 Å². The number of rotatable bonds is 7. The van der Waals surface area contributed by atoms with Crippen molar-refractivity contribution < 1.29 is 14.6 Å². The predicted octanol–water partition coefficient (Wildman–Crippen LogP) is 2.51. The highest BCUT2D eigenvalue weighted by Gasteiger charge is 2.54. The molecule has 2 fully saturated rings. The summed E-state index contributed by atoms with van der Waals surface area (Å²) in [6, 6.07) is 5.85. The van der Waals surface area contributed by atoms with Gasteiger partial charge in [-0.25, -0.2) is 14.4 Å². The highest BCUT2D eigenvalue weighted by atomic mass is 16.5. The number of carbonyl (C=O) groups excluding carboxylic acids is 1. The Morgan fingerprint density at radius 2 is 2.05 bits per heavy atom. The molecule has 3 N–H and O–H groups in total. The Hall–Kier alpha value is -3.66. The van der Waals surface area contributed by atoms with Gasteiger partial charge in [0.1, 0.15) is 12.4 Å². The molecule has 0 bridgehead atoms. The third-order valence-electron chi connectivity index (χ3n) is 7.80. The zero-order valence-electron chi connectivity index (χ0n) is 21.3. The van der Waals surface area contributed by atoms with Gasteiger partial charge in [-0.3, -0.25) is 9.20 Å². The number of hydrogen-bond acceptors (Lipinski definition) is 6. The van der Waals surface area contributed by atoms with Crippen LogP contribution in [0.2, 0.25) is 0 Å². The van der Waals surface area contributed by atoms with Crippen LogP contribution in [0.4, 0.5) is 0 Å². The van der Waals surface area contributed by atoms with Crippen LogP contribution in [0.1, 0.15) is 62.3 Å². The predicted molar refractivity (Wildman–Crippen MR) is 137 cm³/mol. The summed E-state index contributed by atoms with van der Waals surface area (Å²) >= 11 is 0. The average molecular weight is 505 g/mol. The van der Waals surface area contributed by atoms with Crippen LogP contribution < -0.4 is 15.7 Å². The summed E-state index contributed by atoms with van der Waals surface area (Å²) in [7, 11) is 0. The third-order valence-corrected chi connectivity index (χ3v) is 7.80. The summed E-state index contributed by atoms with van der Waals surface area (Å²) < 4.78 is 8.98. The molecule has 194 valence electrons. The molecule has 2 saturated carbocycles. The van der Waals surface area contributed by atoms with Crippen molar-refractivity contribution in [1.29, 1.82) is 0 Å². The Labute approximate surface area is 213 Å². The molecule has 37 heavy (non-hydrogen) atoms. The SMILES string of the molecule is Cc1ccn2c(=O)[nH]nc(C3CC4(CC(NC(=O)Cc5cnn6cc(OCC(C)(C)O)ccc56)C4)C3)c12. The first-order valence-electron chi connectivity index (χ1n) is 12.8. The van der Waals surface area contributed by atoms with E-state index in [1.54, 1.807) is 41.4 Å². The Morgan fingerprint density at radius 3 is 2.81 bits per heavy atom. The molecule has 0 saturated heterocycles. The lowest BCUT2D eigenvalue weighted by molar-refractivity contribution is -0.124. The molecule has 4 aromatic rings.